The van der Waals surface area contributed by atoms with Gasteiger partial charge in [-0.3, -0.25) is 4.79 Å². The van der Waals surface area contributed by atoms with Crippen molar-refractivity contribution in [1.29, 1.82) is 0 Å². The summed E-state index contributed by atoms with van der Waals surface area (Å²) in [7, 11) is 0. The number of carboxylic acids is 1. The molecule has 0 aliphatic carbocycles. The van der Waals surface area contributed by atoms with Crippen LogP contribution < -0.4 is 0 Å². The lowest BCUT2D eigenvalue weighted by Gasteiger charge is -2.21. The predicted molar refractivity (Wildman–Crippen MR) is 69.1 cm³/mol. The monoisotopic (exact) mass is 293 g/mol. The standard InChI is InChI=1S/C13H12BrNO2/c14-11-2-1-3-12-10(11)7-9-6-8(13(16)17)4-5-15(9)12/h1-3,7-8H,4-6H2,(H,16,17). The first-order valence-corrected chi connectivity index (χ1v) is 6.45. The van der Waals surface area contributed by atoms with Crippen molar-refractivity contribution in [1.82, 2.24) is 4.57 Å². The van der Waals surface area contributed by atoms with Crippen LogP contribution in [0.3, 0.4) is 0 Å². The second-order valence-electron chi connectivity index (χ2n) is 4.49. The van der Waals surface area contributed by atoms with Crippen LogP contribution in [0.15, 0.2) is 28.7 Å². The highest BCUT2D eigenvalue weighted by Crippen LogP contribution is 2.32. The summed E-state index contributed by atoms with van der Waals surface area (Å²) < 4.78 is 3.31. The van der Waals surface area contributed by atoms with E-state index in [-0.39, 0.29) is 5.92 Å². The van der Waals surface area contributed by atoms with Crippen LogP contribution in [-0.2, 0) is 17.8 Å². The molecule has 4 heteroatoms. The molecular weight excluding hydrogens is 282 g/mol. The van der Waals surface area contributed by atoms with Crippen molar-refractivity contribution in [2.24, 2.45) is 5.92 Å². The zero-order chi connectivity index (χ0) is 12.0. The van der Waals surface area contributed by atoms with E-state index in [1.165, 1.54) is 10.9 Å². The number of aryl methyl sites for hydroxylation is 1. The SMILES string of the molecule is O=C(O)C1CCn2c(cc3c(Br)cccc32)C1. The Balaban J connectivity index is 2.13. The highest BCUT2D eigenvalue weighted by Gasteiger charge is 2.25. The molecule has 0 radical (unpaired) electrons. The van der Waals surface area contributed by atoms with Crippen molar-refractivity contribution in [3.63, 3.8) is 0 Å². The fraction of sp³-hybridized carbons (Fsp3) is 0.308. The van der Waals surface area contributed by atoms with Crippen molar-refractivity contribution in [3.05, 3.63) is 34.4 Å². The number of nitrogens with zero attached hydrogens (tertiary/aromatic N) is 1. The van der Waals surface area contributed by atoms with Crippen LogP contribution in [-0.4, -0.2) is 15.6 Å². The zero-order valence-corrected chi connectivity index (χ0v) is 10.8. The van der Waals surface area contributed by atoms with Gasteiger partial charge in [-0.05, 0) is 24.6 Å². The second kappa shape index (κ2) is 3.88. The van der Waals surface area contributed by atoms with Gasteiger partial charge in [0.25, 0.3) is 0 Å². The Morgan fingerprint density at radius 1 is 1.47 bits per heavy atom. The van der Waals surface area contributed by atoms with Gasteiger partial charge >= 0.3 is 5.97 Å². The van der Waals surface area contributed by atoms with Crippen LogP contribution in [0.1, 0.15) is 12.1 Å². The third kappa shape index (κ3) is 1.67. The van der Waals surface area contributed by atoms with Gasteiger partial charge in [-0.15, -0.1) is 0 Å². The third-order valence-electron chi connectivity index (χ3n) is 3.48. The minimum Gasteiger partial charge on any atom is -0.481 e. The summed E-state index contributed by atoms with van der Waals surface area (Å²) in [5.41, 5.74) is 2.32. The molecule has 1 unspecified atom stereocenters. The molecule has 1 aliphatic rings. The molecule has 0 bridgehead atoms. The van der Waals surface area contributed by atoms with Crippen LogP contribution in [0, 0.1) is 5.92 Å². The van der Waals surface area contributed by atoms with E-state index in [2.05, 4.69) is 32.6 Å². The number of fused-ring (bicyclic) bond motifs is 3. The van der Waals surface area contributed by atoms with Gasteiger partial charge in [0.1, 0.15) is 0 Å². The van der Waals surface area contributed by atoms with Crippen molar-refractivity contribution in [2.75, 3.05) is 0 Å². The first-order chi connectivity index (χ1) is 8.16. The number of halogens is 1. The predicted octanol–water partition coefficient (Wildman–Crippen LogP) is 3.05. The maximum absolute atomic E-state index is 11.0. The van der Waals surface area contributed by atoms with E-state index in [0.29, 0.717) is 6.42 Å². The maximum Gasteiger partial charge on any atom is 0.306 e. The number of hydrogen-bond acceptors (Lipinski definition) is 1. The van der Waals surface area contributed by atoms with Crippen molar-refractivity contribution in [3.8, 4) is 0 Å². The minimum atomic E-state index is -0.680. The fourth-order valence-corrected chi connectivity index (χ4v) is 3.06. The molecule has 1 aromatic heterocycles. The van der Waals surface area contributed by atoms with Gasteiger partial charge in [-0.25, -0.2) is 0 Å². The molecule has 1 atom stereocenters. The normalized spacial score (nSPS) is 19.2. The quantitative estimate of drug-likeness (QED) is 0.878. The molecule has 3 rings (SSSR count). The van der Waals surface area contributed by atoms with Gasteiger partial charge in [0.15, 0.2) is 0 Å². The van der Waals surface area contributed by atoms with Crippen LogP contribution in [0.25, 0.3) is 10.9 Å². The molecule has 0 amide bonds. The molecule has 2 heterocycles. The number of carboxylic acid groups (broad SMARTS) is 1. The lowest BCUT2D eigenvalue weighted by atomic mass is 9.96. The first kappa shape index (κ1) is 10.8. The van der Waals surface area contributed by atoms with E-state index in [4.69, 9.17) is 5.11 Å². The Labute approximate surface area is 107 Å². The largest absolute Gasteiger partial charge is 0.481 e. The summed E-state index contributed by atoms with van der Waals surface area (Å²) in [6, 6.07) is 8.23. The third-order valence-corrected chi connectivity index (χ3v) is 4.18. The molecule has 0 saturated heterocycles. The zero-order valence-electron chi connectivity index (χ0n) is 9.19. The van der Waals surface area contributed by atoms with E-state index < -0.39 is 5.97 Å². The number of benzene rings is 1. The highest BCUT2D eigenvalue weighted by molar-refractivity contribution is 9.10. The highest BCUT2D eigenvalue weighted by atomic mass is 79.9. The number of carbonyl (C=O) groups is 1. The van der Waals surface area contributed by atoms with Crippen molar-refractivity contribution >= 4 is 32.8 Å². The summed E-state index contributed by atoms with van der Waals surface area (Å²) in [4.78, 5) is 11.0. The Morgan fingerprint density at radius 3 is 3.06 bits per heavy atom. The number of rotatable bonds is 1. The van der Waals surface area contributed by atoms with Gasteiger partial charge in [0, 0.05) is 34.0 Å². The molecule has 1 aliphatic heterocycles. The van der Waals surface area contributed by atoms with Gasteiger partial charge in [-0.2, -0.15) is 0 Å². The summed E-state index contributed by atoms with van der Waals surface area (Å²) in [5, 5.41) is 10.2. The Morgan fingerprint density at radius 2 is 2.29 bits per heavy atom. The maximum atomic E-state index is 11.0. The molecular formula is C13H12BrNO2. The molecule has 17 heavy (non-hydrogen) atoms. The van der Waals surface area contributed by atoms with Gasteiger partial charge in [-0.1, -0.05) is 22.0 Å². The number of aromatic nitrogens is 1. The molecule has 0 spiro atoms. The Kier molecular flexibility index (Phi) is 2.47. The van der Waals surface area contributed by atoms with Crippen LogP contribution >= 0.6 is 15.9 Å². The Hall–Kier alpha value is -1.29. The first-order valence-electron chi connectivity index (χ1n) is 5.66. The molecule has 0 fully saturated rings. The molecule has 3 nitrogen and oxygen atoms in total. The van der Waals surface area contributed by atoms with Crippen molar-refractivity contribution in [2.45, 2.75) is 19.4 Å². The van der Waals surface area contributed by atoms with Crippen LogP contribution in [0.2, 0.25) is 0 Å². The average Bonchev–Trinajstić information content (AvgIpc) is 2.68. The molecule has 1 N–H and O–H groups in total. The molecule has 0 saturated carbocycles. The molecule has 2 aromatic rings. The fourth-order valence-electron chi connectivity index (χ4n) is 2.59. The second-order valence-corrected chi connectivity index (χ2v) is 5.34. The smallest absolute Gasteiger partial charge is 0.306 e. The number of aliphatic carboxylic acids is 1. The lowest BCUT2D eigenvalue weighted by Crippen LogP contribution is -2.24. The van der Waals surface area contributed by atoms with E-state index in [1.54, 1.807) is 0 Å². The summed E-state index contributed by atoms with van der Waals surface area (Å²) in [6.45, 7) is 0.798. The van der Waals surface area contributed by atoms with E-state index in [1.807, 2.05) is 12.1 Å². The van der Waals surface area contributed by atoms with E-state index in [9.17, 15) is 4.79 Å². The average molecular weight is 294 g/mol. The van der Waals surface area contributed by atoms with Gasteiger partial charge in [0.05, 0.1) is 5.92 Å². The van der Waals surface area contributed by atoms with E-state index >= 15 is 0 Å². The van der Waals surface area contributed by atoms with Crippen molar-refractivity contribution < 1.29 is 9.90 Å². The minimum absolute atomic E-state index is 0.231. The summed E-state index contributed by atoms with van der Waals surface area (Å²) in [5.74, 6) is -0.911. The Bertz CT molecular complexity index is 603. The van der Waals surface area contributed by atoms with Crippen LogP contribution in [0.5, 0.6) is 0 Å². The van der Waals surface area contributed by atoms with Gasteiger partial charge < -0.3 is 9.67 Å². The summed E-state index contributed by atoms with van der Waals surface area (Å²) >= 11 is 3.54. The molecule has 88 valence electrons. The lowest BCUT2D eigenvalue weighted by molar-refractivity contribution is -0.142. The van der Waals surface area contributed by atoms with E-state index in [0.717, 1.165) is 23.1 Å². The molecule has 1 aromatic carbocycles. The number of hydrogen-bond donors (Lipinski definition) is 1. The topological polar surface area (TPSA) is 42.2 Å². The summed E-state index contributed by atoms with van der Waals surface area (Å²) in [6.07, 6.45) is 1.36. The van der Waals surface area contributed by atoms with Gasteiger partial charge in [0.2, 0.25) is 0 Å². The van der Waals surface area contributed by atoms with Crippen LogP contribution in [0.4, 0.5) is 0 Å².